The monoisotopic (exact) mass is 664 g/mol. The lowest BCUT2D eigenvalue weighted by molar-refractivity contribution is -0.937. The number of quaternary nitrogens is 2. The molecule has 0 aromatic heterocycles. The van der Waals surface area contributed by atoms with Gasteiger partial charge in [-0.2, -0.15) is 0 Å². The second kappa shape index (κ2) is 10.0. The third-order valence-electron chi connectivity index (χ3n) is 15.8. The summed E-state index contributed by atoms with van der Waals surface area (Å²) in [5, 5.41) is 25.0. The fourth-order valence-corrected chi connectivity index (χ4v) is 14.5. The zero-order valence-electron chi connectivity index (χ0n) is 29.1. The van der Waals surface area contributed by atoms with Crippen LogP contribution < -0.4 is 20.0 Å². The van der Waals surface area contributed by atoms with E-state index in [1.54, 1.807) is 0 Å². The second-order valence-corrected chi connectivity index (χ2v) is 17.1. The molecule has 6 heteroatoms. The summed E-state index contributed by atoms with van der Waals surface area (Å²) in [6.07, 6.45) is 18.1. The summed E-state index contributed by atoms with van der Waals surface area (Å²) in [6, 6.07) is 20.0. The van der Waals surface area contributed by atoms with Crippen molar-refractivity contribution in [2.45, 2.75) is 60.7 Å². The normalized spacial score (nSPS) is 45.5. The minimum Gasteiger partial charge on any atom is -0.851 e. The highest BCUT2D eigenvalue weighted by Crippen LogP contribution is 2.69. The Balaban J connectivity index is 1.22. The maximum absolute atomic E-state index is 12.5. The first-order chi connectivity index (χ1) is 24.5. The van der Waals surface area contributed by atoms with E-state index >= 15 is 0 Å². The van der Waals surface area contributed by atoms with Gasteiger partial charge in [-0.25, -0.2) is 0 Å². The molecule has 7 aliphatic heterocycles. The van der Waals surface area contributed by atoms with Gasteiger partial charge in [-0.1, -0.05) is 61.7 Å². The molecule has 11 rings (SSSR count). The molecule has 4 bridgehead atoms. The Bertz CT molecular complexity index is 1850. The molecule has 2 spiro atoms. The molecule has 6 nitrogen and oxygen atoms in total. The van der Waals surface area contributed by atoms with Crippen LogP contribution in [0, 0.1) is 11.8 Å². The predicted molar refractivity (Wildman–Crippen MR) is 194 cm³/mol. The van der Waals surface area contributed by atoms with E-state index in [2.05, 4.69) is 96.0 Å². The van der Waals surface area contributed by atoms with E-state index in [4.69, 9.17) is 0 Å². The predicted octanol–water partition coefficient (Wildman–Crippen LogP) is 4.21. The lowest BCUT2D eigenvalue weighted by Gasteiger charge is -2.59. The first-order valence-electron chi connectivity index (χ1n) is 19.2. The van der Waals surface area contributed by atoms with Crippen molar-refractivity contribution in [3.63, 3.8) is 0 Å². The summed E-state index contributed by atoms with van der Waals surface area (Å²) in [4.78, 5) is 5.48. The summed E-state index contributed by atoms with van der Waals surface area (Å²) in [5.41, 5.74) is 11.5. The summed E-state index contributed by atoms with van der Waals surface area (Å²) in [6.45, 7) is 14.2. The summed E-state index contributed by atoms with van der Waals surface area (Å²) < 4.78 is 2.05. The van der Waals surface area contributed by atoms with E-state index in [1.807, 2.05) is 12.2 Å². The molecule has 0 amide bonds. The van der Waals surface area contributed by atoms with Crippen molar-refractivity contribution in [2.24, 2.45) is 11.8 Å². The van der Waals surface area contributed by atoms with Gasteiger partial charge in [0.05, 0.1) is 49.1 Å². The van der Waals surface area contributed by atoms with Crippen LogP contribution in [0.25, 0.3) is 0 Å². The van der Waals surface area contributed by atoms with Gasteiger partial charge in [0, 0.05) is 61.3 Å². The maximum atomic E-state index is 12.5. The standard InChI is InChI=1S/C44H48N4O2/c1-3-17-47-19-15-43-35-9-5-7-11-37(35)45-26-34-32-24-40-44(16-20-48(40,18-4-2)28-30(32)14-22-50)36-10-6-8-12-38(36)46(42(34)44)25-33(41(43)45)31(23-39(43)47)29(27-47)13-21-49/h3-14,25-26,31-32,39-42H,1-2,15-24,27-28H2/b29-13-,30-14-,33-25-,34-26-/t31-,32-,39-,40-,41?,42?,43+,44+,47-,48-/m0/s1. The first-order valence-corrected chi connectivity index (χ1v) is 19.2. The lowest BCUT2D eigenvalue weighted by Crippen LogP contribution is -2.69. The zero-order chi connectivity index (χ0) is 33.6. The minimum absolute atomic E-state index is 0.00737. The fraction of sp³-hybridized carbons (Fsp3) is 0.455. The Morgan fingerprint density at radius 2 is 1.12 bits per heavy atom. The number of piperidine rings is 2. The van der Waals surface area contributed by atoms with Crippen molar-refractivity contribution >= 4 is 11.4 Å². The van der Waals surface area contributed by atoms with Gasteiger partial charge in [-0.3, -0.25) is 0 Å². The smallest absolute Gasteiger partial charge is 0.103 e. The molecule has 10 atom stereocenters. The number of nitrogens with zero attached hydrogens (tertiary/aromatic N) is 4. The van der Waals surface area contributed by atoms with E-state index in [1.165, 1.54) is 44.8 Å². The number of hydrogen-bond donors (Lipinski definition) is 0. The molecule has 2 aliphatic carbocycles. The van der Waals surface area contributed by atoms with Gasteiger partial charge >= 0.3 is 0 Å². The molecular weight excluding hydrogens is 617 g/mol. The van der Waals surface area contributed by atoms with Crippen LogP contribution in [0.2, 0.25) is 0 Å². The highest BCUT2D eigenvalue weighted by molar-refractivity contribution is 5.77. The molecule has 7 heterocycles. The molecular formula is C44H48N4O2. The Morgan fingerprint density at radius 1 is 0.680 bits per heavy atom. The van der Waals surface area contributed by atoms with Crippen molar-refractivity contribution in [3.8, 4) is 0 Å². The minimum atomic E-state index is -0.165. The van der Waals surface area contributed by atoms with Crippen LogP contribution in [0.4, 0.5) is 11.4 Å². The van der Waals surface area contributed by atoms with Gasteiger partial charge < -0.3 is 29.0 Å². The number of para-hydroxylation sites is 2. The average molecular weight is 665 g/mol. The van der Waals surface area contributed by atoms with Crippen molar-refractivity contribution in [1.29, 1.82) is 0 Å². The van der Waals surface area contributed by atoms with Gasteiger partial charge in [0.25, 0.3) is 0 Å². The summed E-state index contributed by atoms with van der Waals surface area (Å²) in [7, 11) is 0. The molecule has 2 unspecified atom stereocenters. The largest absolute Gasteiger partial charge is 0.851 e. The van der Waals surface area contributed by atoms with E-state index in [0.717, 1.165) is 73.9 Å². The number of fused-ring (bicyclic) bond motifs is 8. The van der Waals surface area contributed by atoms with E-state index in [-0.39, 0.29) is 48.0 Å². The van der Waals surface area contributed by atoms with Gasteiger partial charge in [0.2, 0.25) is 0 Å². The molecule has 2 aromatic rings. The molecule has 50 heavy (non-hydrogen) atoms. The molecule has 0 N–H and O–H groups in total. The molecule has 2 saturated carbocycles. The molecule has 0 radical (unpaired) electrons. The van der Waals surface area contributed by atoms with Gasteiger partial charge in [-0.15, -0.1) is 13.2 Å². The quantitative estimate of drug-likeness (QED) is 0.343. The highest BCUT2D eigenvalue weighted by atomic mass is 16.3. The van der Waals surface area contributed by atoms with Crippen LogP contribution >= 0.6 is 0 Å². The van der Waals surface area contributed by atoms with Crippen LogP contribution in [0.1, 0.15) is 36.8 Å². The first kappa shape index (κ1) is 30.0. The van der Waals surface area contributed by atoms with Crippen molar-refractivity contribution in [3.05, 3.63) is 132 Å². The number of rotatable bonds is 6. The highest BCUT2D eigenvalue weighted by Gasteiger charge is 2.75. The second-order valence-electron chi connectivity index (χ2n) is 17.1. The van der Waals surface area contributed by atoms with Crippen LogP contribution in [0.15, 0.2) is 121 Å². The van der Waals surface area contributed by atoms with E-state index < -0.39 is 0 Å². The van der Waals surface area contributed by atoms with Crippen LogP contribution in [0.3, 0.4) is 0 Å². The average Bonchev–Trinajstić information content (AvgIpc) is 3.81. The van der Waals surface area contributed by atoms with Crippen LogP contribution in [-0.4, -0.2) is 85.6 Å². The van der Waals surface area contributed by atoms with Crippen molar-refractivity contribution in [2.75, 3.05) is 62.3 Å². The van der Waals surface area contributed by atoms with E-state index in [0.29, 0.717) is 12.1 Å². The fourth-order valence-electron chi connectivity index (χ4n) is 14.5. The topological polar surface area (TPSA) is 52.6 Å². The summed E-state index contributed by atoms with van der Waals surface area (Å²) >= 11 is 0. The van der Waals surface area contributed by atoms with Crippen LogP contribution in [-0.2, 0) is 10.8 Å². The molecule has 4 saturated heterocycles. The Morgan fingerprint density at radius 3 is 1.54 bits per heavy atom. The molecule has 256 valence electrons. The third-order valence-corrected chi connectivity index (χ3v) is 15.8. The maximum Gasteiger partial charge on any atom is 0.103 e. The molecule has 9 aliphatic rings. The van der Waals surface area contributed by atoms with Crippen molar-refractivity contribution < 1.29 is 19.2 Å². The van der Waals surface area contributed by atoms with Crippen LogP contribution in [0.5, 0.6) is 0 Å². The lowest BCUT2D eigenvalue weighted by atomic mass is 9.56. The molecule has 2 aromatic carbocycles. The Hall–Kier alpha value is -3.68. The number of benzene rings is 2. The Kier molecular flexibility index (Phi) is 6.00. The van der Waals surface area contributed by atoms with Crippen molar-refractivity contribution in [1.82, 2.24) is 0 Å². The number of anilines is 2. The van der Waals surface area contributed by atoms with Gasteiger partial charge in [-0.05, 0) is 57.7 Å². The zero-order valence-corrected chi connectivity index (χ0v) is 29.1. The SMILES string of the molecule is C=CC[N@@+]12CC[C@]34c5ccccc5N5/C=C6\C7N(/C=C(\C53)[C@@H](C[C@@H]41)/C(=C\C[O-])C2)c1ccccc1[C@@]71CC[N@@+]2(CC=C)C/C(=C/C[O-])[C@@H]6C[C@@H]12. The molecule has 6 fully saturated rings. The Labute approximate surface area is 296 Å². The third kappa shape index (κ3) is 3.24. The van der Waals surface area contributed by atoms with E-state index in [9.17, 15) is 10.2 Å². The van der Waals surface area contributed by atoms with Gasteiger partial charge in [0.15, 0.2) is 0 Å². The summed E-state index contributed by atoms with van der Waals surface area (Å²) in [5.74, 6) is 0.518. The van der Waals surface area contributed by atoms with Gasteiger partial charge in [0.1, 0.15) is 25.2 Å². The number of hydrogen-bond acceptors (Lipinski definition) is 4.